The number of hydrogen-bond donors (Lipinski definition) is 1. The molecule has 1 N–H and O–H groups in total. The molecule has 0 bridgehead atoms. The highest BCUT2D eigenvalue weighted by molar-refractivity contribution is 5.88. The molecule has 1 unspecified atom stereocenters. The van der Waals surface area contributed by atoms with Crippen LogP contribution in [0.25, 0.3) is 11.3 Å². The van der Waals surface area contributed by atoms with Gasteiger partial charge in [0, 0.05) is 37.3 Å². The molecule has 0 aromatic carbocycles. The molecule has 1 amide bonds. The SMILES string of the molecule is COCC(=O)N1CCCC1c1nc(C)cc(-c2cncc(C(=O)O)c2)n1. The first-order valence-electron chi connectivity index (χ1n) is 8.32. The molecular formula is C18H20N4O4. The highest BCUT2D eigenvalue weighted by atomic mass is 16.5. The van der Waals surface area contributed by atoms with Crippen LogP contribution in [0.1, 0.15) is 40.8 Å². The van der Waals surface area contributed by atoms with E-state index >= 15 is 0 Å². The molecule has 2 aromatic rings. The molecule has 0 spiro atoms. The summed E-state index contributed by atoms with van der Waals surface area (Å²) in [5.41, 5.74) is 2.04. The lowest BCUT2D eigenvalue weighted by atomic mass is 10.1. The lowest BCUT2D eigenvalue weighted by Crippen LogP contribution is -2.34. The highest BCUT2D eigenvalue weighted by Crippen LogP contribution is 2.31. The van der Waals surface area contributed by atoms with Crippen molar-refractivity contribution in [1.29, 1.82) is 0 Å². The number of likely N-dealkylation sites (tertiary alicyclic amines) is 1. The number of rotatable bonds is 5. The Morgan fingerprint density at radius 1 is 1.31 bits per heavy atom. The van der Waals surface area contributed by atoms with Gasteiger partial charge in [-0.05, 0) is 31.9 Å². The van der Waals surface area contributed by atoms with E-state index in [1.54, 1.807) is 17.2 Å². The van der Waals surface area contributed by atoms with Crippen molar-refractivity contribution in [3.63, 3.8) is 0 Å². The van der Waals surface area contributed by atoms with E-state index in [1.807, 2.05) is 6.92 Å². The molecule has 8 heteroatoms. The van der Waals surface area contributed by atoms with Gasteiger partial charge in [-0.25, -0.2) is 14.8 Å². The minimum absolute atomic E-state index is 0.0275. The molecule has 1 aliphatic rings. The van der Waals surface area contributed by atoms with Crippen molar-refractivity contribution in [2.45, 2.75) is 25.8 Å². The number of carboxylic acid groups (broad SMARTS) is 1. The van der Waals surface area contributed by atoms with Crippen LogP contribution in [-0.4, -0.2) is 57.1 Å². The van der Waals surface area contributed by atoms with E-state index in [4.69, 9.17) is 9.84 Å². The van der Waals surface area contributed by atoms with Crippen LogP contribution >= 0.6 is 0 Å². The van der Waals surface area contributed by atoms with Crippen LogP contribution in [0.5, 0.6) is 0 Å². The van der Waals surface area contributed by atoms with Gasteiger partial charge < -0.3 is 14.7 Å². The zero-order valence-electron chi connectivity index (χ0n) is 14.7. The molecule has 0 radical (unpaired) electrons. The van der Waals surface area contributed by atoms with Crippen LogP contribution in [0.4, 0.5) is 0 Å². The van der Waals surface area contributed by atoms with Crippen molar-refractivity contribution in [1.82, 2.24) is 19.9 Å². The summed E-state index contributed by atoms with van der Waals surface area (Å²) >= 11 is 0. The van der Waals surface area contributed by atoms with Gasteiger partial charge in [0.15, 0.2) is 5.82 Å². The van der Waals surface area contributed by atoms with Crippen LogP contribution in [-0.2, 0) is 9.53 Å². The minimum atomic E-state index is -1.04. The van der Waals surface area contributed by atoms with Crippen molar-refractivity contribution in [3.8, 4) is 11.3 Å². The third-order valence-corrected chi connectivity index (χ3v) is 4.29. The Balaban J connectivity index is 1.96. The van der Waals surface area contributed by atoms with Crippen molar-refractivity contribution in [3.05, 3.63) is 41.6 Å². The second kappa shape index (κ2) is 7.57. The van der Waals surface area contributed by atoms with Crippen molar-refractivity contribution < 1.29 is 19.4 Å². The van der Waals surface area contributed by atoms with E-state index in [9.17, 15) is 9.59 Å². The molecule has 136 valence electrons. The molecule has 0 aliphatic carbocycles. The van der Waals surface area contributed by atoms with E-state index in [1.165, 1.54) is 19.4 Å². The first-order valence-corrected chi connectivity index (χ1v) is 8.32. The lowest BCUT2D eigenvalue weighted by Gasteiger charge is -2.24. The average Bonchev–Trinajstić information content (AvgIpc) is 3.11. The van der Waals surface area contributed by atoms with E-state index in [0.717, 1.165) is 18.5 Å². The van der Waals surface area contributed by atoms with Crippen LogP contribution in [0, 0.1) is 6.92 Å². The number of ether oxygens (including phenoxy) is 1. The Morgan fingerprint density at radius 3 is 2.85 bits per heavy atom. The molecule has 26 heavy (non-hydrogen) atoms. The number of carbonyl (C=O) groups excluding carboxylic acids is 1. The number of hydrogen-bond acceptors (Lipinski definition) is 6. The maximum Gasteiger partial charge on any atom is 0.337 e. The van der Waals surface area contributed by atoms with Crippen LogP contribution in [0.15, 0.2) is 24.5 Å². The van der Waals surface area contributed by atoms with Crippen molar-refractivity contribution in [2.75, 3.05) is 20.3 Å². The Bertz CT molecular complexity index is 840. The topological polar surface area (TPSA) is 106 Å². The summed E-state index contributed by atoms with van der Waals surface area (Å²) in [5.74, 6) is -0.573. The van der Waals surface area contributed by atoms with Crippen LogP contribution in [0.2, 0.25) is 0 Å². The number of methoxy groups -OCH3 is 1. The molecule has 3 heterocycles. The van der Waals surface area contributed by atoms with Gasteiger partial charge in [-0.3, -0.25) is 9.78 Å². The molecule has 1 saturated heterocycles. The fourth-order valence-electron chi connectivity index (χ4n) is 3.13. The van der Waals surface area contributed by atoms with Gasteiger partial charge in [-0.2, -0.15) is 0 Å². The van der Waals surface area contributed by atoms with E-state index in [-0.39, 0.29) is 24.1 Å². The van der Waals surface area contributed by atoms with Crippen molar-refractivity contribution in [2.24, 2.45) is 0 Å². The summed E-state index contributed by atoms with van der Waals surface area (Å²) in [4.78, 5) is 38.3. The number of nitrogens with zero attached hydrogens (tertiary/aromatic N) is 4. The minimum Gasteiger partial charge on any atom is -0.478 e. The zero-order valence-corrected chi connectivity index (χ0v) is 14.7. The Morgan fingerprint density at radius 2 is 2.12 bits per heavy atom. The first-order chi connectivity index (χ1) is 12.5. The van der Waals surface area contributed by atoms with Gasteiger partial charge in [0.25, 0.3) is 0 Å². The van der Waals surface area contributed by atoms with Gasteiger partial charge in [0.1, 0.15) is 6.61 Å². The third-order valence-electron chi connectivity index (χ3n) is 4.29. The van der Waals surface area contributed by atoms with E-state index < -0.39 is 5.97 Å². The Labute approximate surface area is 150 Å². The van der Waals surface area contributed by atoms with E-state index in [2.05, 4.69) is 15.0 Å². The molecule has 3 rings (SSSR count). The van der Waals surface area contributed by atoms with Gasteiger partial charge in [-0.15, -0.1) is 0 Å². The van der Waals surface area contributed by atoms with E-state index in [0.29, 0.717) is 23.6 Å². The van der Waals surface area contributed by atoms with Crippen molar-refractivity contribution >= 4 is 11.9 Å². The Hall–Kier alpha value is -2.87. The molecule has 8 nitrogen and oxygen atoms in total. The summed E-state index contributed by atoms with van der Waals surface area (Å²) in [7, 11) is 1.49. The third kappa shape index (κ3) is 3.70. The smallest absolute Gasteiger partial charge is 0.337 e. The predicted octanol–water partition coefficient (Wildman–Crippen LogP) is 1.86. The number of aryl methyl sites for hydroxylation is 1. The normalized spacial score (nSPS) is 16.7. The first kappa shape index (κ1) is 17.9. The summed E-state index contributed by atoms with van der Waals surface area (Å²) in [5, 5.41) is 9.16. The zero-order chi connectivity index (χ0) is 18.7. The molecule has 1 fully saturated rings. The maximum atomic E-state index is 12.3. The maximum absolute atomic E-state index is 12.3. The lowest BCUT2D eigenvalue weighted by molar-refractivity contribution is -0.136. The number of carbonyl (C=O) groups is 2. The molecular weight excluding hydrogens is 336 g/mol. The summed E-state index contributed by atoms with van der Waals surface area (Å²) in [6, 6.07) is 3.11. The average molecular weight is 356 g/mol. The number of aromatic nitrogens is 3. The molecule has 0 saturated carbocycles. The van der Waals surface area contributed by atoms with Crippen LogP contribution < -0.4 is 0 Å². The quantitative estimate of drug-likeness (QED) is 0.871. The number of aromatic carboxylic acids is 1. The standard InChI is InChI=1S/C18H20N4O4/c1-11-6-14(12-7-13(18(24)25)9-19-8-12)21-17(20-11)15-4-3-5-22(15)16(23)10-26-2/h6-9,15H,3-5,10H2,1-2H3,(H,24,25). The van der Waals surface area contributed by atoms with Gasteiger partial charge in [0.05, 0.1) is 17.3 Å². The summed E-state index contributed by atoms with van der Waals surface area (Å²) in [6.45, 7) is 2.52. The number of carboxylic acids is 1. The second-order valence-corrected chi connectivity index (χ2v) is 6.20. The van der Waals surface area contributed by atoms with Crippen LogP contribution in [0.3, 0.4) is 0 Å². The largest absolute Gasteiger partial charge is 0.478 e. The fraction of sp³-hybridized carbons (Fsp3) is 0.389. The number of amides is 1. The molecule has 2 aromatic heterocycles. The molecule has 1 atom stereocenters. The van der Waals surface area contributed by atoms with Gasteiger partial charge >= 0.3 is 5.97 Å². The fourth-order valence-corrected chi connectivity index (χ4v) is 3.13. The van der Waals surface area contributed by atoms with Gasteiger partial charge in [-0.1, -0.05) is 0 Å². The second-order valence-electron chi connectivity index (χ2n) is 6.20. The van der Waals surface area contributed by atoms with Gasteiger partial charge in [0.2, 0.25) is 5.91 Å². The summed E-state index contributed by atoms with van der Waals surface area (Å²) in [6.07, 6.45) is 4.53. The molecule has 1 aliphatic heterocycles. The monoisotopic (exact) mass is 356 g/mol. The predicted molar refractivity (Wildman–Crippen MR) is 92.5 cm³/mol. The number of pyridine rings is 1. The highest BCUT2D eigenvalue weighted by Gasteiger charge is 2.32. The summed E-state index contributed by atoms with van der Waals surface area (Å²) < 4.78 is 4.96. The Kier molecular flexibility index (Phi) is 5.22.